The van der Waals surface area contributed by atoms with E-state index in [-0.39, 0.29) is 24.1 Å². The number of hydrogen-bond acceptors (Lipinski definition) is 5. The van der Waals surface area contributed by atoms with Crippen molar-refractivity contribution >= 4 is 35.0 Å². The maximum Gasteiger partial charge on any atom is 0.289 e. The second-order valence-electron chi connectivity index (χ2n) is 7.32. The van der Waals surface area contributed by atoms with Crippen molar-refractivity contribution in [2.75, 3.05) is 44.7 Å². The largest absolute Gasteiger partial charge is 0.495 e. The number of hydrogen-bond donors (Lipinski definition) is 0. The minimum Gasteiger partial charge on any atom is -0.495 e. The number of carbonyl (C=O) groups excluding carboxylic acids is 3. The summed E-state index contributed by atoms with van der Waals surface area (Å²) in [6.07, 6.45) is 1.62. The number of furan rings is 1. The number of nitrogens with zero attached hydrogens (tertiary/aromatic N) is 3. The Kier molecular flexibility index (Phi) is 5.67. The van der Waals surface area contributed by atoms with Gasteiger partial charge in [-0.3, -0.25) is 14.4 Å². The van der Waals surface area contributed by atoms with E-state index in [4.69, 9.17) is 20.8 Å². The Labute approximate surface area is 178 Å². The van der Waals surface area contributed by atoms with Gasteiger partial charge in [-0.25, -0.2) is 0 Å². The van der Waals surface area contributed by atoms with Crippen LogP contribution in [0.2, 0.25) is 5.02 Å². The molecule has 9 heteroatoms. The van der Waals surface area contributed by atoms with Crippen LogP contribution in [0.3, 0.4) is 0 Å². The molecule has 158 valence electrons. The van der Waals surface area contributed by atoms with E-state index in [1.807, 2.05) is 0 Å². The molecule has 3 amide bonds. The van der Waals surface area contributed by atoms with Crippen molar-refractivity contribution in [2.45, 2.75) is 6.42 Å². The van der Waals surface area contributed by atoms with Crippen molar-refractivity contribution in [3.63, 3.8) is 0 Å². The lowest BCUT2D eigenvalue weighted by Crippen LogP contribution is -2.52. The Morgan fingerprint density at radius 2 is 1.87 bits per heavy atom. The zero-order valence-electron chi connectivity index (χ0n) is 16.5. The van der Waals surface area contributed by atoms with Gasteiger partial charge in [-0.2, -0.15) is 0 Å². The van der Waals surface area contributed by atoms with Gasteiger partial charge in [0.25, 0.3) is 5.91 Å². The fourth-order valence-corrected chi connectivity index (χ4v) is 4.14. The first kappa shape index (κ1) is 20.3. The number of benzene rings is 1. The molecule has 0 bridgehead atoms. The molecule has 1 aromatic carbocycles. The molecule has 2 fully saturated rings. The zero-order chi connectivity index (χ0) is 21.3. The normalized spacial score (nSPS) is 19.3. The number of anilines is 1. The van der Waals surface area contributed by atoms with Gasteiger partial charge in [0.15, 0.2) is 5.76 Å². The van der Waals surface area contributed by atoms with Crippen LogP contribution in [-0.4, -0.2) is 67.4 Å². The molecule has 0 N–H and O–H groups in total. The minimum absolute atomic E-state index is 0.0597. The van der Waals surface area contributed by atoms with Gasteiger partial charge in [-0.1, -0.05) is 11.6 Å². The van der Waals surface area contributed by atoms with Gasteiger partial charge >= 0.3 is 0 Å². The van der Waals surface area contributed by atoms with Crippen LogP contribution in [0.25, 0.3) is 0 Å². The van der Waals surface area contributed by atoms with Crippen LogP contribution >= 0.6 is 11.6 Å². The summed E-state index contributed by atoms with van der Waals surface area (Å²) in [5.74, 6) is 0.0693. The van der Waals surface area contributed by atoms with Crippen molar-refractivity contribution in [2.24, 2.45) is 5.92 Å². The van der Waals surface area contributed by atoms with Crippen molar-refractivity contribution in [3.05, 3.63) is 47.4 Å². The van der Waals surface area contributed by atoms with Gasteiger partial charge in [0, 0.05) is 44.8 Å². The monoisotopic (exact) mass is 431 g/mol. The molecule has 0 unspecified atom stereocenters. The Balaban J connectivity index is 1.36. The van der Waals surface area contributed by atoms with Crippen molar-refractivity contribution in [1.29, 1.82) is 0 Å². The van der Waals surface area contributed by atoms with Gasteiger partial charge in [0.05, 0.1) is 24.3 Å². The molecule has 2 saturated heterocycles. The molecule has 0 saturated carbocycles. The number of carbonyl (C=O) groups is 3. The summed E-state index contributed by atoms with van der Waals surface area (Å²) >= 11 is 6.18. The summed E-state index contributed by atoms with van der Waals surface area (Å²) < 4.78 is 10.3. The predicted octanol–water partition coefficient (Wildman–Crippen LogP) is 2.28. The Morgan fingerprint density at radius 3 is 2.50 bits per heavy atom. The van der Waals surface area contributed by atoms with E-state index in [2.05, 4.69) is 0 Å². The fraction of sp³-hybridized carbons (Fsp3) is 0.381. The lowest BCUT2D eigenvalue weighted by Gasteiger charge is -2.35. The molecule has 0 radical (unpaired) electrons. The van der Waals surface area contributed by atoms with Crippen molar-refractivity contribution < 1.29 is 23.5 Å². The number of ether oxygens (including phenoxy) is 1. The van der Waals surface area contributed by atoms with Crippen molar-refractivity contribution in [1.82, 2.24) is 9.80 Å². The number of rotatable bonds is 4. The summed E-state index contributed by atoms with van der Waals surface area (Å²) in [7, 11) is 1.53. The molecule has 0 aliphatic carbocycles. The molecule has 1 atom stereocenters. The van der Waals surface area contributed by atoms with Crippen LogP contribution in [0.15, 0.2) is 41.0 Å². The highest BCUT2D eigenvalue weighted by atomic mass is 35.5. The molecule has 2 aromatic rings. The first-order chi connectivity index (χ1) is 14.5. The minimum atomic E-state index is -0.411. The van der Waals surface area contributed by atoms with Crippen LogP contribution < -0.4 is 9.64 Å². The van der Waals surface area contributed by atoms with E-state index in [0.29, 0.717) is 54.9 Å². The molecular weight excluding hydrogens is 410 g/mol. The van der Waals surface area contributed by atoms with Crippen LogP contribution in [0.4, 0.5) is 5.69 Å². The van der Waals surface area contributed by atoms with E-state index < -0.39 is 5.92 Å². The summed E-state index contributed by atoms with van der Waals surface area (Å²) in [6.45, 7) is 2.05. The van der Waals surface area contributed by atoms with Gasteiger partial charge in [-0.15, -0.1) is 0 Å². The first-order valence-corrected chi connectivity index (χ1v) is 10.1. The van der Waals surface area contributed by atoms with Gasteiger partial charge in [0.2, 0.25) is 11.8 Å². The molecule has 0 spiro atoms. The Morgan fingerprint density at radius 1 is 1.13 bits per heavy atom. The SMILES string of the molecule is COc1ccc(N2C[C@H](C(=O)N3CCN(C(=O)c4ccco4)CC3)CC2=O)cc1Cl. The zero-order valence-corrected chi connectivity index (χ0v) is 17.3. The number of piperazine rings is 1. The summed E-state index contributed by atoms with van der Waals surface area (Å²) in [5, 5.41) is 0.412. The van der Waals surface area contributed by atoms with E-state index in [1.165, 1.54) is 13.4 Å². The van der Waals surface area contributed by atoms with E-state index in [1.54, 1.807) is 45.0 Å². The second-order valence-corrected chi connectivity index (χ2v) is 7.73. The molecule has 3 heterocycles. The molecular formula is C21H22ClN3O5. The van der Waals surface area contributed by atoms with Crippen molar-refractivity contribution in [3.8, 4) is 5.75 Å². The lowest BCUT2D eigenvalue weighted by molar-refractivity contribution is -0.137. The Hall–Kier alpha value is -3.00. The molecule has 1 aromatic heterocycles. The lowest BCUT2D eigenvalue weighted by atomic mass is 10.1. The fourth-order valence-electron chi connectivity index (χ4n) is 3.89. The average molecular weight is 432 g/mol. The number of halogens is 1. The van der Waals surface area contributed by atoms with E-state index >= 15 is 0 Å². The summed E-state index contributed by atoms with van der Waals surface area (Å²) in [5.41, 5.74) is 0.648. The average Bonchev–Trinajstić information content (AvgIpc) is 3.43. The molecule has 4 rings (SSSR count). The van der Waals surface area contributed by atoms with Crippen LogP contribution in [0, 0.1) is 5.92 Å². The van der Waals surface area contributed by atoms with Crippen LogP contribution in [0.1, 0.15) is 17.0 Å². The topological polar surface area (TPSA) is 83.3 Å². The van der Waals surface area contributed by atoms with Crippen LogP contribution in [0.5, 0.6) is 5.75 Å². The number of methoxy groups -OCH3 is 1. The van der Waals surface area contributed by atoms with Gasteiger partial charge in [0.1, 0.15) is 5.75 Å². The first-order valence-electron chi connectivity index (χ1n) is 9.73. The van der Waals surface area contributed by atoms with E-state index in [9.17, 15) is 14.4 Å². The van der Waals surface area contributed by atoms with Gasteiger partial charge < -0.3 is 23.9 Å². The highest BCUT2D eigenvalue weighted by Crippen LogP contribution is 2.32. The third-order valence-corrected chi connectivity index (χ3v) is 5.83. The smallest absolute Gasteiger partial charge is 0.289 e. The third-order valence-electron chi connectivity index (χ3n) is 5.53. The summed E-state index contributed by atoms with van der Waals surface area (Å²) in [4.78, 5) is 42.9. The highest BCUT2D eigenvalue weighted by Gasteiger charge is 2.38. The molecule has 30 heavy (non-hydrogen) atoms. The quantitative estimate of drug-likeness (QED) is 0.741. The maximum atomic E-state index is 13.0. The standard InChI is InChI=1S/C21H22ClN3O5/c1-29-17-5-4-15(12-16(17)22)25-13-14(11-19(25)26)20(27)23-6-8-24(9-7-23)21(28)18-3-2-10-30-18/h2-5,10,12,14H,6-9,11,13H2,1H3/t14-/m1/s1. The summed E-state index contributed by atoms with van der Waals surface area (Å²) in [6, 6.07) is 8.43. The molecule has 2 aliphatic rings. The maximum absolute atomic E-state index is 13.0. The van der Waals surface area contributed by atoms with Gasteiger partial charge in [-0.05, 0) is 30.3 Å². The second kappa shape index (κ2) is 8.39. The Bertz CT molecular complexity index is 954. The molecule has 8 nitrogen and oxygen atoms in total. The van der Waals surface area contributed by atoms with Crippen LogP contribution in [-0.2, 0) is 9.59 Å². The molecule has 2 aliphatic heterocycles. The number of amides is 3. The highest BCUT2D eigenvalue weighted by molar-refractivity contribution is 6.32. The third kappa shape index (κ3) is 3.87. The van der Waals surface area contributed by atoms with E-state index in [0.717, 1.165) is 0 Å². The predicted molar refractivity (Wildman–Crippen MR) is 110 cm³/mol.